The number of nitrogens with zero attached hydrogens (tertiary/aromatic N) is 2. The quantitative estimate of drug-likeness (QED) is 0.530. The van der Waals surface area contributed by atoms with Crippen molar-refractivity contribution in [3.05, 3.63) is 47.3 Å². The molecule has 0 atom stereocenters. The molecule has 2 aromatic heterocycles. The number of aromatic nitrogens is 2. The number of nitrogens with one attached hydrogen (secondary N) is 2. The molecule has 0 saturated heterocycles. The van der Waals surface area contributed by atoms with Gasteiger partial charge in [0.05, 0.1) is 0 Å². The molecule has 3 N–H and O–H groups in total. The Kier molecular flexibility index (Phi) is 4.53. The molecular formula is C17H18N4O4. The Labute approximate surface area is 143 Å². The average Bonchev–Trinajstić information content (AvgIpc) is 3.10. The number of aromatic amines is 1. The minimum Gasteiger partial charge on any atom is -0.477 e. The average molecular weight is 342 g/mol. The summed E-state index contributed by atoms with van der Waals surface area (Å²) in [5, 5.41) is 13.0. The molecule has 25 heavy (non-hydrogen) atoms. The van der Waals surface area contributed by atoms with Gasteiger partial charge < -0.3 is 25.0 Å². The van der Waals surface area contributed by atoms with Crippen LogP contribution in [0.3, 0.4) is 0 Å². The second kappa shape index (κ2) is 6.78. The lowest BCUT2D eigenvalue weighted by atomic mass is 10.1. The lowest BCUT2D eigenvalue weighted by Crippen LogP contribution is -2.27. The van der Waals surface area contributed by atoms with E-state index >= 15 is 0 Å². The molecule has 2 aromatic rings. The van der Waals surface area contributed by atoms with E-state index < -0.39 is 11.8 Å². The smallest absolute Gasteiger partial charge is 0.345 e. The second-order valence-electron chi connectivity index (χ2n) is 5.82. The fourth-order valence-corrected chi connectivity index (χ4v) is 2.48. The maximum atomic E-state index is 12.4. The summed E-state index contributed by atoms with van der Waals surface area (Å²) in [5.74, 6) is -2.03. The molecule has 0 amide bonds. The van der Waals surface area contributed by atoms with Gasteiger partial charge in [-0.05, 0) is 32.3 Å². The highest BCUT2D eigenvalue weighted by Crippen LogP contribution is 2.27. The zero-order valence-corrected chi connectivity index (χ0v) is 13.9. The summed E-state index contributed by atoms with van der Waals surface area (Å²) in [7, 11) is 3.79. The van der Waals surface area contributed by atoms with Crippen LogP contribution in [0.4, 0.5) is 0 Å². The first-order valence-electron chi connectivity index (χ1n) is 7.70. The van der Waals surface area contributed by atoms with Gasteiger partial charge in [0, 0.05) is 36.4 Å². The predicted molar refractivity (Wildman–Crippen MR) is 91.4 cm³/mol. The van der Waals surface area contributed by atoms with Gasteiger partial charge in [-0.3, -0.25) is 4.79 Å². The number of aliphatic carboxylic acids is 1. The molecule has 0 aliphatic carbocycles. The number of carboxylic acids is 1. The Morgan fingerprint density at radius 1 is 1.48 bits per heavy atom. The summed E-state index contributed by atoms with van der Waals surface area (Å²) in [4.78, 5) is 32.9. The monoisotopic (exact) mass is 342 g/mol. The number of pyridine rings is 1. The first-order valence-corrected chi connectivity index (χ1v) is 7.70. The van der Waals surface area contributed by atoms with Crippen molar-refractivity contribution in [1.82, 2.24) is 20.2 Å². The Hall–Kier alpha value is -3.13. The molecule has 3 heterocycles. The Balaban J connectivity index is 1.87. The highest BCUT2D eigenvalue weighted by molar-refractivity contribution is 6.26. The number of ketones is 1. The number of hydrogen-bond donors (Lipinski definition) is 3. The van der Waals surface area contributed by atoms with Crippen molar-refractivity contribution >= 4 is 28.9 Å². The van der Waals surface area contributed by atoms with Crippen molar-refractivity contribution in [2.45, 2.75) is 0 Å². The fraction of sp³-hybridized carbons (Fsp3) is 0.235. The van der Waals surface area contributed by atoms with Gasteiger partial charge in [-0.1, -0.05) is 0 Å². The van der Waals surface area contributed by atoms with Crippen molar-refractivity contribution in [3.8, 4) is 0 Å². The van der Waals surface area contributed by atoms with Crippen molar-refractivity contribution in [1.29, 1.82) is 0 Å². The summed E-state index contributed by atoms with van der Waals surface area (Å²) >= 11 is 0. The molecule has 130 valence electrons. The van der Waals surface area contributed by atoms with E-state index in [0.717, 1.165) is 5.39 Å². The molecule has 8 heteroatoms. The van der Waals surface area contributed by atoms with Gasteiger partial charge in [0.15, 0.2) is 11.3 Å². The van der Waals surface area contributed by atoms with Gasteiger partial charge in [0.25, 0.3) is 0 Å². The number of carbonyl (C=O) groups excluding carboxylic acids is 1. The van der Waals surface area contributed by atoms with Crippen LogP contribution < -0.4 is 5.32 Å². The van der Waals surface area contributed by atoms with Crippen LogP contribution in [0.5, 0.6) is 0 Å². The summed E-state index contributed by atoms with van der Waals surface area (Å²) < 4.78 is 5.50. The summed E-state index contributed by atoms with van der Waals surface area (Å²) in [6.45, 7) is 1.12. The molecule has 8 nitrogen and oxygen atoms in total. The Morgan fingerprint density at radius 2 is 2.28 bits per heavy atom. The maximum Gasteiger partial charge on any atom is 0.345 e. The first kappa shape index (κ1) is 16.7. The van der Waals surface area contributed by atoms with Crippen molar-refractivity contribution in [2.24, 2.45) is 0 Å². The normalized spacial score (nSPS) is 16.1. The van der Waals surface area contributed by atoms with Gasteiger partial charge >= 0.3 is 5.97 Å². The molecule has 0 unspecified atom stereocenters. The van der Waals surface area contributed by atoms with Crippen LogP contribution in [-0.4, -0.2) is 58.9 Å². The highest BCUT2D eigenvalue weighted by Gasteiger charge is 2.35. The standard InChI is InChI=1S/C17H18N4O4/c1-21(2)7-6-19-16-13(17(23)24)14(22)12(25-16)8-10-9-20-15-11(10)4-3-5-18-15/h3-5,8-9,19H,6-7H2,1-2H3,(H,18,20)(H,23,24)/b12-8-. The van der Waals surface area contributed by atoms with E-state index in [4.69, 9.17) is 4.74 Å². The van der Waals surface area contributed by atoms with Gasteiger partial charge in [-0.25, -0.2) is 9.78 Å². The third kappa shape index (κ3) is 3.38. The molecule has 0 fully saturated rings. The van der Waals surface area contributed by atoms with Gasteiger partial charge in [-0.2, -0.15) is 0 Å². The largest absolute Gasteiger partial charge is 0.477 e. The summed E-state index contributed by atoms with van der Waals surface area (Å²) in [6, 6.07) is 3.64. The minimum atomic E-state index is -1.32. The van der Waals surface area contributed by atoms with Crippen molar-refractivity contribution in [2.75, 3.05) is 27.2 Å². The number of carbonyl (C=O) groups is 2. The number of Topliss-reactive ketones (excluding diaryl/α,β-unsaturated/α-hetero) is 1. The highest BCUT2D eigenvalue weighted by atomic mass is 16.5. The van der Waals surface area contributed by atoms with Gasteiger partial charge in [0.2, 0.25) is 11.7 Å². The molecule has 3 rings (SSSR count). The lowest BCUT2D eigenvalue weighted by Gasteiger charge is -2.11. The van der Waals surface area contributed by atoms with Crippen LogP contribution >= 0.6 is 0 Å². The number of H-pyrrole nitrogens is 1. The van der Waals surface area contributed by atoms with Crippen LogP contribution in [0.2, 0.25) is 0 Å². The zero-order valence-electron chi connectivity index (χ0n) is 13.9. The topological polar surface area (TPSA) is 108 Å². The number of fused-ring (bicyclic) bond motifs is 1. The van der Waals surface area contributed by atoms with E-state index in [2.05, 4.69) is 15.3 Å². The number of allylic oxidation sites excluding steroid dienone is 1. The summed E-state index contributed by atoms with van der Waals surface area (Å²) in [5.41, 5.74) is 0.990. The predicted octanol–water partition coefficient (Wildman–Crippen LogP) is 0.951. The third-order valence-electron chi connectivity index (χ3n) is 3.72. The molecule has 0 radical (unpaired) electrons. The third-order valence-corrected chi connectivity index (χ3v) is 3.72. The molecule has 0 aromatic carbocycles. The summed E-state index contributed by atoms with van der Waals surface area (Å²) in [6.07, 6.45) is 4.87. The van der Waals surface area contributed by atoms with Crippen LogP contribution in [0.15, 0.2) is 41.7 Å². The first-order chi connectivity index (χ1) is 12.0. The number of rotatable bonds is 6. The number of hydrogen-bond acceptors (Lipinski definition) is 6. The molecule has 0 bridgehead atoms. The lowest BCUT2D eigenvalue weighted by molar-refractivity contribution is -0.134. The van der Waals surface area contributed by atoms with E-state index in [0.29, 0.717) is 24.3 Å². The number of likely N-dealkylation sites (N-methyl/N-ethyl adjacent to an activating group) is 1. The molecule has 1 aliphatic heterocycles. The molecule has 0 saturated carbocycles. The maximum absolute atomic E-state index is 12.4. The van der Waals surface area contributed by atoms with E-state index in [1.165, 1.54) is 6.08 Å². The second-order valence-corrected chi connectivity index (χ2v) is 5.82. The van der Waals surface area contributed by atoms with Gasteiger partial charge in [0.1, 0.15) is 5.65 Å². The Morgan fingerprint density at radius 3 is 3.00 bits per heavy atom. The van der Waals surface area contributed by atoms with E-state index in [1.54, 1.807) is 18.5 Å². The van der Waals surface area contributed by atoms with E-state index in [-0.39, 0.29) is 17.2 Å². The Bertz CT molecular complexity index is 895. The van der Waals surface area contributed by atoms with Crippen LogP contribution in [0, 0.1) is 0 Å². The molecule has 0 spiro atoms. The van der Waals surface area contributed by atoms with Crippen LogP contribution in [0.1, 0.15) is 5.56 Å². The van der Waals surface area contributed by atoms with Crippen molar-refractivity contribution in [3.63, 3.8) is 0 Å². The van der Waals surface area contributed by atoms with Crippen molar-refractivity contribution < 1.29 is 19.4 Å². The minimum absolute atomic E-state index is 0.0245. The molecule has 1 aliphatic rings. The zero-order chi connectivity index (χ0) is 18.0. The van der Waals surface area contributed by atoms with E-state index in [1.807, 2.05) is 25.1 Å². The van der Waals surface area contributed by atoms with E-state index in [9.17, 15) is 14.7 Å². The van der Waals surface area contributed by atoms with Crippen LogP contribution in [0.25, 0.3) is 17.1 Å². The molecular weight excluding hydrogens is 324 g/mol. The van der Waals surface area contributed by atoms with Crippen LogP contribution in [-0.2, 0) is 14.3 Å². The number of carboxylic acid groups (broad SMARTS) is 1. The van der Waals surface area contributed by atoms with Gasteiger partial charge in [-0.15, -0.1) is 0 Å². The number of ether oxygens (including phenoxy) is 1. The SMILES string of the molecule is CN(C)CCNC1=C(C(=O)O)C(=O)/C(=C/c2c[nH]c3ncccc23)O1. The fourth-order valence-electron chi connectivity index (χ4n) is 2.48.